The summed E-state index contributed by atoms with van der Waals surface area (Å²) in [6.07, 6.45) is 1.73. The van der Waals surface area contributed by atoms with Crippen molar-refractivity contribution in [1.82, 2.24) is 10.2 Å². The molecule has 0 atom stereocenters. The van der Waals surface area contributed by atoms with Crippen LogP contribution in [-0.4, -0.2) is 10.2 Å². The Balaban J connectivity index is 2.02. The summed E-state index contributed by atoms with van der Waals surface area (Å²) in [5, 5.41) is 9.95. The maximum absolute atomic E-state index is 5.77. The van der Waals surface area contributed by atoms with Crippen molar-refractivity contribution in [3.8, 4) is 0 Å². The van der Waals surface area contributed by atoms with Gasteiger partial charge in [-0.25, -0.2) is 0 Å². The van der Waals surface area contributed by atoms with E-state index in [-0.39, 0.29) is 0 Å². The second kappa shape index (κ2) is 3.83. The molecule has 0 radical (unpaired) electrons. The Hall–Kier alpha value is -1.97. The number of hydrogen-bond acceptors (Lipinski definition) is 3. The molecule has 1 heterocycles. The van der Waals surface area contributed by atoms with Gasteiger partial charge in [0, 0.05) is 6.20 Å². The Morgan fingerprint density at radius 2 is 2.14 bits per heavy atom. The lowest BCUT2D eigenvalue weighted by Gasteiger charge is -2.06. The molecule has 0 unspecified atom stereocenters. The number of rotatable bonds is 3. The van der Waals surface area contributed by atoms with Crippen LogP contribution >= 0.6 is 0 Å². The molecule has 2 aromatic rings. The fourth-order valence-corrected chi connectivity index (χ4v) is 1.23. The van der Waals surface area contributed by atoms with Gasteiger partial charge in [-0.15, -0.1) is 0 Å². The van der Waals surface area contributed by atoms with Crippen LogP contribution in [0.3, 0.4) is 0 Å². The highest BCUT2D eigenvalue weighted by molar-refractivity contribution is 5.65. The van der Waals surface area contributed by atoms with Gasteiger partial charge in [-0.1, -0.05) is 12.1 Å². The lowest BCUT2D eigenvalue weighted by Crippen LogP contribution is -2.02. The van der Waals surface area contributed by atoms with Crippen LogP contribution in [0.4, 0.5) is 11.4 Å². The quantitative estimate of drug-likeness (QED) is 0.641. The van der Waals surface area contributed by atoms with Crippen LogP contribution in [0.5, 0.6) is 0 Å². The molecule has 72 valence electrons. The SMILES string of the molecule is Nc1ccccc1NCc1ccn[nH]1. The molecule has 0 fully saturated rings. The first kappa shape index (κ1) is 8.62. The lowest BCUT2D eigenvalue weighted by atomic mass is 10.2. The zero-order chi connectivity index (χ0) is 9.80. The van der Waals surface area contributed by atoms with Gasteiger partial charge in [-0.05, 0) is 18.2 Å². The van der Waals surface area contributed by atoms with Crippen molar-refractivity contribution in [2.24, 2.45) is 0 Å². The Morgan fingerprint density at radius 1 is 1.29 bits per heavy atom. The van der Waals surface area contributed by atoms with Gasteiger partial charge in [0.25, 0.3) is 0 Å². The molecule has 0 spiro atoms. The van der Waals surface area contributed by atoms with E-state index >= 15 is 0 Å². The summed E-state index contributed by atoms with van der Waals surface area (Å²) in [7, 11) is 0. The highest BCUT2D eigenvalue weighted by Crippen LogP contribution is 2.17. The summed E-state index contributed by atoms with van der Waals surface area (Å²) in [6, 6.07) is 9.61. The van der Waals surface area contributed by atoms with Gasteiger partial charge in [0.05, 0.1) is 23.6 Å². The molecule has 0 saturated heterocycles. The fraction of sp³-hybridized carbons (Fsp3) is 0.100. The van der Waals surface area contributed by atoms with Crippen molar-refractivity contribution in [1.29, 1.82) is 0 Å². The molecular weight excluding hydrogens is 176 g/mol. The van der Waals surface area contributed by atoms with Gasteiger partial charge in [-0.2, -0.15) is 5.10 Å². The molecular formula is C10H12N4. The summed E-state index contributed by atoms with van der Waals surface area (Å²) >= 11 is 0. The minimum atomic E-state index is 0.703. The Morgan fingerprint density at radius 3 is 2.86 bits per heavy atom. The van der Waals surface area contributed by atoms with Gasteiger partial charge in [0.15, 0.2) is 0 Å². The van der Waals surface area contributed by atoms with Crippen LogP contribution in [-0.2, 0) is 6.54 Å². The topological polar surface area (TPSA) is 66.7 Å². The van der Waals surface area contributed by atoms with Crippen molar-refractivity contribution in [3.63, 3.8) is 0 Å². The maximum atomic E-state index is 5.77. The third kappa shape index (κ3) is 1.85. The third-order valence-corrected chi connectivity index (χ3v) is 1.99. The largest absolute Gasteiger partial charge is 0.397 e. The molecule has 1 aromatic heterocycles. The van der Waals surface area contributed by atoms with Crippen LogP contribution < -0.4 is 11.1 Å². The average molecular weight is 188 g/mol. The number of para-hydroxylation sites is 2. The first-order valence-electron chi connectivity index (χ1n) is 4.43. The first-order valence-corrected chi connectivity index (χ1v) is 4.43. The molecule has 0 bridgehead atoms. The van der Waals surface area contributed by atoms with Crippen molar-refractivity contribution in [3.05, 3.63) is 42.2 Å². The molecule has 0 aliphatic rings. The Kier molecular flexibility index (Phi) is 2.36. The summed E-state index contributed by atoms with van der Waals surface area (Å²) in [6.45, 7) is 0.703. The summed E-state index contributed by atoms with van der Waals surface area (Å²) < 4.78 is 0. The number of nitrogen functional groups attached to an aromatic ring is 1. The van der Waals surface area contributed by atoms with Gasteiger partial charge in [0.1, 0.15) is 0 Å². The van der Waals surface area contributed by atoms with E-state index in [9.17, 15) is 0 Å². The third-order valence-electron chi connectivity index (χ3n) is 1.99. The molecule has 0 saturated carbocycles. The van der Waals surface area contributed by atoms with E-state index in [0.29, 0.717) is 6.54 Å². The zero-order valence-corrected chi connectivity index (χ0v) is 7.70. The molecule has 1 aromatic carbocycles. The van der Waals surface area contributed by atoms with E-state index in [1.807, 2.05) is 30.3 Å². The van der Waals surface area contributed by atoms with Crippen LogP contribution in [0.1, 0.15) is 5.69 Å². The van der Waals surface area contributed by atoms with Crippen LogP contribution in [0.15, 0.2) is 36.5 Å². The number of anilines is 2. The number of H-pyrrole nitrogens is 1. The number of hydrogen-bond donors (Lipinski definition) is 3. The number of aromatic amines is 1. The van der Waals surface area contributed by atoms with Crippen molar-refractivity contribution >= 4 is 11.4 Å². The van der Waals surface area contributed by atoms with Crippen LogP contribution in [0.2, 0.25) is 0 Å². The predicted molar refractivity (Wildman–Crippen MR) is 56.8 cm³/mol. The number of benzene rings is 1. The van der Waals surface area contributed by atoms with Gasteiger partial charge >= 0.3 is 0 Å². The second-order valence-corrected chi connectivity index (χ2v) is 3.02. The van der Waals surface area contributed by atoms with Crippen molar-refractivity contribution in [2.45, 2.75) is 6.54 Å². The lowest BCUT2D eigenvalue weighted by molar-refractivity contribution is 0.982. The summed E-state index contributed by atoms with van der Waals surface area (Å²) in [5.41, 5.74) is 8.51. The summed E-state index contributed by atoms with van der Waals surface area (Å²) in [5.74, 6) is 0. The molecule has 0 aliphatic heterocycles. The molecule has 0 amide bonds. The normalized spacial score (nSPS) is 10.0. The molecule has 4 N–H and O–H groups in total. The van der Waals surface area contributed by atoms with E-state index in [1.54, 1.807) is 6.20 Å². The van der Waals surface area contributed by atoms with E-state index in [0.717, 1.165) is 17.1 Å². The van der Waals surface area contributed by atoms with Gasteiger partial charge in [-0.3, -0.25) is 5.10 Å². The highest BCUT2D eigenvalue weighted by Gasteiger charge is 1.97. The Bertz CT molecular complexity index is 394. The standard InChI is InChI=1S/C10H12N4/c11-9-3-1-2-4-10(9)12-7-8-5-6-13-14-8/h1-6,12H,7,11H2,(H,13,14). The second-order valence-electron chi connectivity index (χ2n) is 3.02. The molecule has 4 heteroatoms. The first-order chi connectivity index (χ1) is 6.86. The number of nitrogens with one attached hydrogen (secondary N) is 2. The van der Waals surface area contributed by atoms with Crippen LogP contribution in [0.25, 0.3) is 0 Å². The van der Waals surface area contributed by atoms with Crippen molar-refractivity contribution in [2.75, 3.05) is 11.1 Å². The fourth-order valence-electron chi connectivity index (χ4n) is 1.23. The zero-order valence-electron chi connectivity index (χ0n) is 7.70. The van der Waals surface area contributed by atoms with E-state index in [4.69, 9.17) is 5.73 Å². The average Bonchev–Trinajstić information content (AvgIpc) is 2.69. The van der Waals surface area contributed by atoms with E-state index < -0.39 is 0 Å². The van der Waals surface area contributed by atoms with E-state index in [1.165, 1.54) is 0 Å². The molecule has 14 heavy (non-hydrogen) atoms. The predicted octanol–water partition coefficient (Wildman–Crippen LogP) is 1.60. The smallest absolute Gasteiger partial charge is 0.0577 e. The van der Waals surface area contributed by atoms with Gasteiger partial charge < -0.3 is 11.1 Å². The monoisotopic (exact) mass is 188 g/mol. The van der Waals surface area contributed by atoms with Gasteiger partial charge in [0.2, 0.25) is 0 Å². The molecule has 2 rings (SSSR count). The highest BCUT2D eigenvalue weighted by atomic mass is 15.1. The molecule has 0 aliphatic carbocycles. The summed E-state index contributed by atoms with van der Waals surface area (Å²) in [4.78, 5) is 0. The minimum Gasteiger partial charge on any atom is -0.397 e. The number of nitrogens with two attached hydrogens (primary N) is 1. The number of aromatic nitrogens is 2. The Labute approximate surface area is 82.1 Å². The van der Waals surface area contributed by atoms with E-state index in [2.05, 4.69) is 15.5 Å². The maximum Gasteiger partial charge on any atom is 0.0577 e. The number of nitrogens with zero attached hydrogens (tertiary/aromatic N) is 1. The minimum absolute atomic E-state index is 0.703. The van der Waals surface area contributed by atoms with Crippen LogP contribution in [0, 0.1) is 0 Å². The molecule has 4 nitrogen and oxygen atoms in total. The van der Waals surface area contributed by atoms with Crippen molar-refractivity contribution < 1.29 is 0 Å².